The Balaban J connectivity index is 2.75. The highest BCUT2D eigenvalue weighted by Gasteiger charge is 2.06. The second-order valence-electron chi connectivity index (χ2n) is 3.53. The van der Waals surface area contributed by atoms with E-state index in [1.807, 2.05) is 13.0 Å². The summed E-state index contributed by atoms with van der Waals surface area (Å²) in [5.74, 6) is -0.297. The molecule has 1 aromatic rings. The van der Waals surface area contributed by atoms with Crippen LogP contribution in [-0.2, 0) is 16.1 Å². The van der Waals surface area contributed by atoms with E-state index in [2.05, 4.69) is 4.98 Å². The average molecular weight is 224 g/mol. The van der Waals surface area contributed by atoms with Gasteiger partial charge in [-0.1, -0.05) is 0 Å². The van der Waals surface area contributed by atoms with Crippen LogP contribution in [-0.4, -0.2) is 22.1 Å². The molecular formula is C11H16N2O3. The van der Waals surface area contributed by atoms with Crippen molar-refractivity contribution in [1.82, 2.24) is 9.55 Å². The lowest BCUT2D eigenvalue weighted by Crippen LogP contribution is -2.26. The summed E-state index contributed by atoms with van der Waals surface area (Å²) in [6.07, 6.45) is 0.194. The summed E-state index contributed by atoms with van der Waals surface area (Å²) in [6.45, 7) is 6.02. The first-order valence-electron chi connectivity index (χ1n) is 5.25. The number of hydrogen-bond donors (Lipinski definition) is 0. The number of ether oxygens (including phenoxy) is 1. The summed E-state index contributed by atoms with van der Waals surface area (Å²) < 4.78 is 6.27. The molecule has 1 aromatic heterocycles. The SMILES string of the molecule is CCOC(=O)CCn1c(C)cc(C)nc1=O. The molecule has 0 unspecified atom stereocenters. The lowest BCUT2D eigenvalue weighted by atomic mass is 10.3. The van der Waals surface area contributed by atoms with Crippen molar-refractivity contribution >= 4 is 5.97 Å². The van der Waals surface area contributed by atoms with Crippen LogP contribution in [0.15, 0.2) is 10.9 Å². The van der Waals surface area contributed by atoms with Gasteiger partial charge in [0.15, 0.2) is 0 Å². The van der Waals surface area contributed by atoms with Gasteiger partial charge < -0.3 is 4.74 Å². The Labute approximate surface area is 94.1 Å². The minimum atomic E-state index is -0.318. The Morgan fingerprint density at radius 2 is 2.19 bits per heavy atom. The number of carbonyl (C=O) groups excluding carboxylic acids is 1. The molecule has 5 nitrogen and oxygen atoms in total. The Morgan fingerprint density at radius 1 is 1.50 bits per heavy atom. The van der Waals surface area contributed by atoms with E-state index >= 15 is 0 Å². The van der Waals surface area contributed by atoms with Crippen LogP contribution in [0.25, 0.3) is 0 Å². The van der Waals surface area contributed by atoms with Gasteiger partial charge in [-0.25, -0.2) is 4.79 Å². The first-order valence-corrected chi connectivity index (χ1v) is 5.25. The third-order valence-corrected chi connectivity index (χ3v) is 2.19. The third-order valence-electron chi connectivity index (χ3n) is 2.19. The number of aryl methyl sites for hydroxylation is 2. The molecule has 0 aliphatic carbocycles. The van der Waals surface area contributed by atoms with Gasteiger partial charge in [-0.3, -0.25) is 9.36 Å². The van der Waals surface area contributed by atoms with Crippen molar-refractivity contribution in [1.29, 1.82) is 0 Å². The van der Waals surface area contributed by atoms with Gasteiger partial charge in [-0.15, -0.1) is 0 Å². The van der Waals surface area contributed by atoms with Gasteiger partial charge in [0.05, 0.1) is 13.0 Å². The zero-order chi connectivity index (χ0) is 12.1. The minimum Gasteiger partial charge on any atom is -0.466 e. The second-order valence-corrected chi connectivity index (χ2v) is 3.53. The van der Waals surface area contributed by atoms with Gasteiger partial charge >= 0.3 is 11.7 Å². The van der Waals surface area contributed by atoms with Gasteiger partial charge in [0.25, 0.3) is 0 Å². The molecule has 0 radical (unpaired) electrons. The molecule has 0 bridgehead atoms. The lowest BCUT2D eigenvalue weighted by molar-refractivity contribution is -0.143. The molecular weight excluding hydrogens is 208 g/mol. The van der Waals surface area contributed by atoms with Crippen LogP contribution in [0.1, 0.15) is 24.7 Å². The van der Waals surface area contributed by atoms with Gasteiger partial charge in [-0.05, 0) is 26.8 Å². The summed E-state index contributed by atoms with van der Waals surface area (Å²) in [7, 11) is 0. The summed E-state index contributed by atoms with van der Waals surface area (Å²) in [4.78, 5) is 26.5. The van der Waals surface area contributed by atoms with Gasteiger partial charge in [0, 0.05) is 17.9 Å². The van der Waals surface area contributed by atoms with E-state index < -0.39 is 0 Å². The summed E-state index contributed by atoms with van der Waals surface area (Å²) in [5.41, 5.74) is 1.18. The summed E-state index contributed by atoms with van der Waals surface area (Å²) in [6, 6.07) is 1.81. The van der Waals surface area contributed by atoms with E-state index in [1.54, 1.807) is 13.8 Å². The fraction of sp³-hybridized carbons (Fsp3) is 0.545. The largest absolute Gasteiger partial charge is 0.466 e. The van der Waals surface area contributed by atoms with Gasteiger partial charge in [-0.2, -0.15) is 4.98 Å². The van der Waals surface area contributed by atoms with E-state index in [0.29, 0.717) is 18.8 Å². The topological polar surface area (TPSA) is 61.2 Å². The Kier molecular flexibility index (Phi) is 4.22. The van der Waals surface area contributed by atoms with Crippen molar-refractivity contribution in [3.8, 4) is 0 Å². The number of carbonyl (C=O) groups is 1. The van der Waals surface area contributed by atoms with E-state index in [1.165, 1.54) is 4.57 Å². The molecule has 0 aromatic carbocycles. The molecule has 0 N–H and O–H groups in total. The normalized spacial score (nSPS) is 10.2. The zero-order valence-electron chi connectivity index (χ0n) is 9.82. The van der Waals surface area contributed by atoms with Crippen LogP contribution < -0.4 is 5.69 Å². The maximum Gasteiger partial charge on any atom is 0.347 e. The van der Waals surface area contributed by atoms with Crippen molar-refractivity contribution in [3.05, 3.63) is 27.9 Å². The average Bonchev–Trinajstić information content (AvgIpc) is 2.16. The molecule has 0 fully saturated rings. The molecule has 0 aliphatic heterocycles. The van der Waals surface area contributed by atoms with Crippen LogP contribution in [0.4, 0.5) is 0 Å². The summed E-state index contributed by atoms with van der Waals surface area (Å²) in [5, 5.41) is 0. The number of hydrogen-bond acceptors (Lipinski definition) is 4. The Hall–Kier alpha value is -1.65. The molecule has 1 heterocycles. The monoisotopic (exact) mass is 224 g/mol. The highest BCUT2D eigenvalue weighted by Crippen LogP contribution is 1.98. The number of esters is 1. The predicted molar refractivity (Wildman–Crippen MR) is 59.2 cm³/mol. The van der Waals surface area contributed by atoms with Gasteiger partial charge in [0.1, 0.15) is 0 Å². The molecule has 0 saturated carbocycles. The zero-order valence-corrected chi connectivity index (χ0v) is 9.82. The van der Waals surface area contributed by atoms with Crippen molar-refractivity contribution in [2.45, 2.75) is 33.7 Å². The lowest BCUT2D eigenvalue weighted by Gasteiger charge is -2.08. The number of rotatable bonds is 4. The van der Waals surface area contributed by atoms with Crippen LogP contribution in [0.5, 0.6) is 0 Å². The second kappa shape index (κ2) is 5.44. The molecule has 0 amide bonds. The van der Waals surface area contributed by atoms with Crippen molar-refractivity contribution in [2.75, 3.05) is 6.61 Å². The van der Waals surface area contributed by atoms with Gasteiger partial charge in [0.2, 0.25) is 0 Å². The predicted octanol–water partition coefficient (Wildman–Crippen LogP) is 0.813. The maximum absolute atomic E-state index is 11.5. The van der Waals surface area contributed by atoms with Crippen LogP contribution in [0.3, 0.4) is 0 Å². The van der Waals surface area contributed by atoms with E-state index in [0.717, 1.165) is 5.69 Å². The Bertz CT molecular complexity index is 437. The van der Waals surface area contributed by atoms with Crippen LogP contribution in [0.2, 0.25) is 0 Å². The van der Waals surface area contributed by atoms with E-state index in [9.17, 15) is 9.59 Å². The first-order chi connectivity index (χ1) is 7.54. The van der Waals surface area contributed by atoms with Crippen LogP contribution >= 0.6 is 0 Å². The highest BCUT2D eigenvalue weighted by atomic mass is 16.5. The summed E-state index contributed by atoms with van der Waals surface area (Å²) >= 11 is 0. The third kappa shape index (κ3) is 3.18. The molecule has 0 spiro atoms. The smallest absolute Gasteiger partial charge is 0.347 e. The van der Waals surface area contributed by atoms with Crippen molar-refractivity contribution in [3.63, 3.8) is 0 Å². The molecule has 0 atom stereocenters. The molecule has 88 valence electrons. The van der Waals surface area contributed by atoms with Crippen molar-refractivity contribution in [2.24, 2.45) is 0 Å². The quantitative estimate of drug-likeness (QED) is 0.710. The molecule has 16 heavy (non-hydrogen) atoms. The molecule has 0 aliphatic rings. The molecule has 5 heteroatoms. The Morgan fingerprint density at radius 3 is 2.75 bits per heavy atom. The van der Waals surface area contributed by atoms with E-state index in [-0.39, 0.29) is 18.1 Å². The maximum atomic E-state index is 11.5. The fourth-order valence-electron chi connectivity index (χ4n) is 1.48. The fourth-order valence-corrected chi connectivity index (χ4v) is 1.48. The number of nitrogens with zero attached hydrogens (tertiary/aromatic N) is 2. The highest BCUT2D eigenvalue weighted by molar-refractivity contribution is 5.69. The first kappa shape index (κ1) is 12.4. The molecule has 0 saturated heterocycles. The van der Waals surface area contributed by atoms with Crippen molar-refractivity contribution < 1.29 is 9.53 Å². The minimum absolute atomic E-state index is 0.194. The van der Waals surface area contributed by atoms with Crippen LogP contribution in [0, 0.1) is 13.8 Å². The molecule has 1 rings (SSSR count). The standard InChI is InChI=1S/C11H16N2O3/c1-4-16-10(14)5-6-13-9(3)7-8(2)12-11(13)15/h7H,4-6H2,1-3H3. The number of aromatic nitrogens is 2. The van der Waals surface area contributed by atoms with E-state index in [4.69, 9.17) is 4.74 Å².